The molecule has 80 valence electrons. The Morgan fingerprint density at radius 2 is 1.31 bits per heavy atom. The van der Waals surface area contributed by atoms with Crippen molar-refractivity contribution in [3.8, 4) is 0 Å². The molecule has 16 heavy (non-hydrogen) atoms. The molecular formula is C13H12N2O. The summed E-state index contributed by atoms with van der Waals surface area (Å²) in [6.07, 6.45) is 17.5. The number of aliphatic imine (C=N–C) groups is 2. The molecule has 0 aliphatic carbocycles. The van der Waals surface area contributed by atoms with Gasteiger partial charge in [0.2, 0.25) is 0 Å². The first-order chi connectivity index (χ1) is 7.88. The van der Waals surface area contributed by atoms with E-state index in [9.17, 15) is 4.79 Å². The summed E-state index contributed by atoms with van der Waals surface area (Å²) in [5, 5.41) is 0. The van der Waals surface area contributed by atoms with Gasteiger partial charge >= 0.3 is 0 Å². The van der Waals surface area contributed by atoms with Gasteiger partial charge in [0.1, 0.15) is 0 Å². The molecule has 2 atom stereocenters. The summed E-state index contributed by atoms with van der Waals surface area (Å²) < 4.78 is 0. The van der Waals surface area contributed by atoms with Crippen LogP contribution in [0.5, 0.6) is 0 Å². The van der Waals surface area contributed by atoms with Gasteiger partial charge < -0.3 is 0 Å². The number of ketones is 1. The molecule has 2 aliphatic rings. The Balaban J connectivity index is 2.13. The van der Waals surface area contributed by atoms with Crippen LogP contribution in [0.1, 0.15) is 0 Å². The molecule has 0 aromatic heterocycles. The molecule has 2 rings (SSSR count). The van der Waals surface area contributed by atoms with Gasteiger partial charge in [-0.15, -0.1) is 0 Å². The van der Waals surface area contributed by atoms with Crippen molar-refractivity contribution in [3.05, 3.63) is 48.9 Å². The average molecular weight is 212 g/mol. The highest BCUT2D eigenvalue weighted by Crippen LogP contribution is 2.16. The van der Waals surface area contributed by atoms with Crippen LogP contribution in [0, 0.1) is 11.8 Å². The average Bonchev–Trinajstić information content (AvgIpc) is 2.73. The van der Waals surface area contributed by atoms with Crippen LogP contribution in [0.3, 0.4) is 0 Å². The zero-order valence-electron chi connectivity index (χ0n) is 8.73. The Labute approximate surface area is 94.3 Å². The van der Waals surface area contributed by atoms with E-state index in [1.807, 2.05) is 12.2 Å². The van der Waals surface area contributed by atoms with Gasteiger partial charge in [0.25, 0.3) is 0 Å². The van der Waals surface area contributed by atoms with E-state index < -0.39 is 0 Å². The highest BCUT2D eigenvalue weighted by molar-refractivity contribution is 5.91. The smallest absolute Gasteiger partial charge is 0.154 e. The summed E-state index contributed by atoms with van der Waals surface area (Å²) in [5.74, 6) is -0.282. The largest absolute Gasteiger partial charge is 0.298 e. The van der Waals surface area contributed by atoms with Gasteiger partial charge in [0, 0.05) is 24.8 Å². The lowest BCUT2D eigenvalue weighted by Gasteiger charge is -2.10. The fourth-order valence-electron chi connectivity index (χ4n) is 1.55. The van der Waals surface area contributed by atoms with Crippen molar-refractivity contribution < 1.29 is 4.79 Å². The van der Waals surface area contributed by atoms with Crippen LogP contribution in [-0.2, 0) is 4.79 Å². The summed E-state index contributed by atoms with van der Waals surface area (Å²) in [6.45, 7) is 0. The van der Waals surface area contributed by atoms with E-state index in [4.69, 9.17) is 0 Å². The molecule has 0 bridgehead atoms. The molecule has 0 radical (unpaired) electrons. The van der Waals surface area contributed by atoms with Crippen molar-refractivity contribution >= 4 is 18.2 Å². The van der Waals surface area contributed by atoms with Crippen molar-refractivity contribution in [3.63, 3.8) is 0 Å². The molecule has 0 amide bonds. The van der Waals surface area contributed by atoms with E-state index in [-0.39, 0.29) is 17.6 Å². The predicted octanol–water partition coefficient (Wildman–Crippen LogP) is 2.10. The Kier molecular flexibility index (Phi) is 3.38. The third-order valence-corrected chi connectivity index (χ3v) is 2.40. The Bertz CT molecular complexity index is 367. The predicted molar refractivity (Wildman–Crippen MR) is 65.5 cm³/mol. The number of carbonyl (C=O) groups is 1. The van der Waals surface area contributed by atoms with Crippen LogP contribution in [0.15, 0.2) is 58.8 Å². The maximum Gasteiger partial charge on any atom is 0.154 e. The van der Waals surface area contributed by atoms with Gasteiger partial charge in [-0.2, -0.15) is 0 Å². The van der Waals surface area contributed by atoms with Crippen molar-refractivity contribution in [2.24, 2.45) is 21.8 Å². The second kappa shape index (κ2) is 5.16. The first kappa shape index (κ1) is 10.5. The molecule has 0 saturated heterocycles. The Morgan fingerprint density at radius 3 is 1.81 bits per heavy atom. The molecular weight excluding hydrogens is 200 g/mol. The molecule has 0 saturated carbocycles. The summed E-state index contributed by atoms with van der Waals surface area (Å²) in [7, 11) is 0. The van der Waals surface area contributed by atoms with Gasteiger partial charge in [-0.3, -0.25) is 14.8 Å². The van der Waals surface area contributed by atoms with Crippen LogP contribution in [0.4, 0.5) is 0 Å². The molecule has 0 spiro atoms. The Morgan fingerprint density at radius 1 is 0.812 bits per heavy atom. The zero-order valence-corrected chi connectivity index (χ0v) is 8.73. The van der Waals surface area contributed by atoms with Crippen molar-refractivity contribution in [2.45, 2.75) is 0 Å². The van der Waals surface area contributed by atoms with E-state index in [2.05, 4.69) is 9.98 Å². The SMILES string of the molecule is O=C(C1C=CC=NC=C1)C1C=CC=NC=C1. The maximum absolute atomic E-state index is 12.1. The van der Waals surface area contributed by atoms with Crippen LogP contribution in [0.2, 0.25) is 0 Å². The van der Waals surface area contributed by atoms with E-state index in [1.54, 1.807) is 49.1 Å². The highest BCUT2D eigenvalue weighted by atomic mass is 16.1. The van der Waals surface area contributed by atoms with E-state index in [0.717, 1.165) is 0 Å². The summed E-state index contributed by atoms with van der Waals surface area (Å²) >= 11 is 0. The lowest BCUT2D eigenvalue weighted by atomic mass is 9.92. The van der Waals surface area contributed by atoms with Crippen LogP contribution < -0.4 is 0 Å². The fraction of sp³-hybridized carbons (Fsp3) is 0.154. The third-order valence-electron chi connectivity index (χ3n) is 2.40. The van der Waals surface area contributed by atoms with Gasteiger partial charge in [0.15, 0.2) is 5.78 Å². The van der Waals surface area contributed by atoms with Gasteiger partial charge in [-0.25, -0.2) is 0 Å². The summed E-state index contributed by atoms with van der Waals surface area (Å²) in [5.41, 5.74) is 0. The van der Waals surface area contributed by atoms with E-state index in [0.29, 0.717) is 0 Å². The van der Waals surface area contributed by atoms with Crippen LogP contribution >= 0.6 is 0 Å². The Hall–Kier alpha value is -2.03. The summed E-state index contributed by atoms with van der Waals surface area (Å²) in [4.78, 5) is 20.1. The van der Waals surface area contributed by atoms with Gasteiger partial charge in [-0.05, 0) is 12.2 Å². The van der Waals surface area contributed by atoms with Crippen molar-refractivity contribution in [2.75, 3.05) is 0 Å². The minimum absolute atomic E-state index is 0.135. The maximum atomic E-state index is 12.1. The zero-order chi connectivity index (χ0) is 11.2. The molecule has 0 fully saturated rings. The number of hydrogen-bond donors (Lipinski definition) is 0. The number of carbonyl (C=O) groups excluding carboxylic acids is 1. The first-order valence-corrected chi connectivity index (χ1v) is 5.15. The molecule has 3 nitrogen and oxygen atoms in total. The highest BCUT2D eigenvalue weighted by Gasteiger charge is 2.19. The first-order valence-electron chi connectivity index (χ1n) is 5.15. The quantitative estimate of drug-likeness (QED) is 0.691. The van der Waals surface area contributed by atoms with Crippen LogP contribution in [0.25, 0.3) is 0 Å². The van der Waals surface area contributed by atoms with Crippen LogP contribution in [-0.4, -0.2) is 18.2 Å². The molecule has 3 heteroatoms. The van der Waals surface area contributed by atoms with Gasteiger partial charge in [-0.1, -0.05) is 24.3 Å². The lowest BCUT2D eigenvalue weighted by Crippen LogP contribution is -2.17. The number of nitrogens with zero attached hydrogens (tertiary/aromatic N) is 2. The standard InChI is InChI=1S/C13H12N2O/c16-13(11-3-1-7-14-9-5-11)12-4-2-8-15-10-6-12/h1-12H. The van der Waals surface area contributed by atoms with E-state index in [1.165, 1.54) is 0 Å². The minimum Gasteiger partial charge on any atom is -0.298 e. The van der Waals surface area contributed by atoms with E-state index >= 15 is 0 Å². The second-order valence-electron chi connectivity index (χ2n) is 3.50. The molecule has 2 heterocycles. The number of rotatable bonds is 2. The number of hydrogen-bond acceptors (Lipinski definition) is 3. The topological polar surface area (TPSA) is 41.8 Å². The molecule has 2 aliphatic heterocycles. The molecule has 2 unspecified atom stereocenters. The second-order valence-corrected chi connectivity index (χ2v) is 3.50. The molecule has 0 aromatic rings. The number of Topliss-reactive ketones (excluding diaryl/α,β-unsaturated/α-hetero) is 1. The third kappa shape index (κ3) is 2.51. The van der Waals surface area contributed by atoms with Crippen molar-refractivity contribution in [1.29, 1.82) is 0 Å². The minimum atomic E-state index is -0.208. The molecule has 0 N–H and O–H groups in total. The monoisotopic (exact) mass is 212 g/mol. The fourth-order valence-corrected chi connectivity index (χ4v) is 1.55. The molecule has 0 aromatic carbocycles. The normalized spacial score (nSPS) is 26.8. The number of allylic oxidation sites excluding steroid dienone is 6. The lowest BCUT2D eigenvalue weighted by molar-refractivity contribution is -0.121. The summed E-state index contributed by atoms with van der Waals surface area (Å²) in [6, 6.07) is 0. The van der Waals surface area contributed by atoms with Gasteiger partial charge in [0.05, 0.1) is 11.8 Å². The van der Waals surface area contributed by atoms with Crippen molar-refractivity contribution in [1.82, 2.24) is 0 Å².